The van der Waals surface area contributed by atoms with Crippen LogP contribution < -0.4 is 9.64 Å². The Balaban J connectivity index is 1.52. The summed E-state index contributed by atoms with van der Waals surface area (Å²) in [5.74, 6) is 1.47. The van der Waals surface area contributed by atoms with E-state index in [-0.39, 0.29) is 11.7 Å². The van der Waals surface area contributed by atoms with Gasteiger partial charge in [-0.05, 0) is 49.4 Å². The summed E-state index contributed by atoms with van der Waals surface area (Å²) in [6.45, 7) is 0.661. The van der Waals surface area contributed by atoms with Crippen LogP contribution in [0.4, 0.5) is 5.82 Å². The summed E-state index contributed by atoms with van der Waals surface area (Å²) in [6.07, 6.45) is 5.27. The number of nitrogens with zero attached hydrogens (tertiary/aromatic N) is 3. The Morgan fingerprint density at radius 3 is 2.84 bits per heavy atom. The fourth-order valence-electron chi connectivity index (χ4n) is 3.59. The highest BCUT2D eigenvalue weighted by Gasteiger charge is 2.32. The van der Waals surface area contributed by atoms with Crippen LogP contribution in [0.15, 0.2) is 30.5 Å². The molecule has 0 N–H and O–H groups in total. The van der Waals surface area contributed by atoms with Gasteiger partial charge in [-0.1, -0.05) is 0 Å². The van der Waals surface area contributed by atoms with Gasteiger partial charge in [-0.15, -0.1) is 0 Å². The van der Waals surface area contributed by atoms with Gasteiger partial charge in [-0.25, -0.2) is 0 Å². The van der Waals surface area contributed by atoms with Crippen molar-refractivity contribution in [2.45, 2.75) is 38.2 Å². The zero-order valence-electron chi connectivity index (χ0n) is 14.3. The van der Waals surface area contributed by atoms with Gasteiger partial charge in [0.15, 0.2) is 17.7 Å². The van der Waals surface area contributed by atoms with Crippen LogP contribution in [-0.2, 0) is 18.3 Å². The predicted octanol–water partition coefficient (Wildman–Crippen LogP) is 2.51. The maximum atomic E-state index is 12.8. The maximum absolute atomic E-state index is 12.8. The van der Waals surface area contributed by atoms with E-state index in [9.17, 15) is 9.59 Å². The van der Waals surface area contributed by atoms with E-state index < -0.39 is 6.10 Å². The van der Waals surface area contributed by atoms with E-state index in [4.69, 9.17) is 4.74 Å². The van der Waals surface area contributed by atoms with Crippen molar-refractivity contribution in [2.24, 2.45) is 7.05 Å². The third kappa shape index (κ3) is 3.04. The first-order valence-electron chi connectivity index (χ1n) is 8.75. The lowest BCUT2D eigenvalue weighted by Gasteiger charge is -2.31. The van der Waals surface area contributed by atoms with Gasteiger partial charge in [-0.2, -0.15) is 5.10 Å². The summed E-state index contributed by atoms with van der Waals surface area (Å²) in [4.78, 5) is 26.4. The molecule has 1 aromatic heterocycles. The molecule has 2 aliphatic rings. The molecule has 2 aromatic rings. The van der Waals surface area contributed by atoms with Gasteiger partial charge >= 0.3 is 0 Å². The summed E-state index contributed by atoms with van der Waals surface area (Å²) in [5, 5.41) is 4.32. The lowest BCUT2D eigenvalue weighted by atomic mass is 9.90. The number of ether oxygens (including phenoxy) is 1. The van der Waals surface area contributed by atoms with Gasteiger partial charge in [0.2, 0.25) is 0 Å². The Labute approximate surface area is 146 Å². The van der Waals surface area contributed by atoms with Crippen LogP contribution in [0.5, 0.6) is 5.75 Å². The first-order chi connectivity index (χ1) is 12.1. The van der Waals surface area contributed by atoms with Crippen molar-refractivity contribution in [2.75, 3.05) is 11.4 Å². The maximum Gasteiger partial charge on any atom is 0.269 e. The average Bonchev–Trinajstić information content (AvgIpc) is 3.03. The summed E-state index contributed by atoms with van der Waals surface area (Å²) in [5.41, 5.74) is 1.82. The standard InChI is InChI=1S/C19H21N3O3/c1-21-11-9-18(20-21)22-10-3-6-17(19(22)24)25-14-7-8-15-13(12-14)4-2-5-16(15)23/h7-9,11-12,17H,2-6,10H2,1H3/t17-/m0/s1. The number of piperidine rings is 1. The first kappa shape index (κ1) is 15.9. The van der Waals surface area contributed by atoms with Crippen LogP contribution in [0, 0.1) is 0 Å². The molecule has 6 nitrogen and oxygen atoms in total. The Kier molecular flexibility index (Phi) is 4.03. The van der Waals surface area contributed by atoms with E-state index in [1.807, 2.05) is 31.4 Å². The smallest absolute Gasteiger partial charge is 0.269 e. The molecule has 25 heavy (non-hydrogen) atoms. The van der Waals surface area contributed by atoms with Crippen LogP contribution >= 0.6 is 0 Å². The van der Waals surface area contributed by atoms with Crippen molar-refractivity contribution >= 4 is 17.5 Å². The van der Waals surface area contributed by atoms with Gasteiger partial charge in [-0.3, -0.25) is 19.2 Å². The molecule has 1 aromatic carbocycles. The molecule has 4 rings (SSSR count). The highest BCUT2D eigenvalue weighted by Crippen LogP contribution is 2.28. The molecule has 1 atom stereocenters. The van der Waals surface area contributed by atoms with Gasteiger partial charge < -0.3 is 4.74 Å². The second kappa shape index (κ2) is 6.35. The molecular weight excluding hydrogens is 318 g/mol. The number of hydrogen-bond acceptors (Lipinski definition) is 4. The van der Waals surface area contributed by atoms with E-state index >= 15 is 0 Å². The van der Waals surface area contributed by atoms with Crippen LogP contribution in [0.1, 0.15) is 41.6 Å². The van der Waals surface area contributed by atoms with Gasteiger partial charge in [0, 0.05) is 37.8 Å². The van der Waals surface area contributed by atoms with E-state index in [1.54, 1.807) is 15.6 Å². The molecule has 1 saturated heterocycles. The molecule has 1 fully saturated rings. The SMILES string of the molecule is Cn1ccc(N2CCC[C@H](Oc3ccc4c(c3)CCCC4=O)C2=O)n1. The minimum atomic E-state index is -0.506. The number of carbonyl (C=O) groups is 2. The molecule has 0 unspecified atom stereocenters. The molecule has 0 radical (unpaired) electrons. The number of anilines is 1. The Bertz CT molecular complexity index is 827. The molecule has 1 aliphatic carbocycles. The molecule has 0 bridgehead atoms. The largest absolute Gasteiger partial charge is 0.481 e. The predicted molar refractivity (Wildman–Crippen MR) is 92.9 cm³/mol. The number of amides is 1. The van der Waals surface area contributed by atoms with Crippen molar-refractivity contribution in [1.29, 1.82) is 0 Å². The zero-order valence-corrected chi connectivity index (χ0v) is 14.3. The van der Waals surface area contributed by atoms with E-state index in [2.05, 4.69) is 5.10 Å². The molecule has 1 amide bonds. The van der Waals surface area contributed by atoms with E-state index in [0.717, 1.165) is 30.4 Å². The Hall–Kier alpha value is -2.63. The highest BCUT2D eigenvalue weighted by atomic mass is 16.5. The number of benzene rings is 1. The summed E-state index contributed by atoms with van der Waals surface area (Å²) >= 11 is 0. The monoisotopic (exact) mass is 339 g/mol. The lowest BCUT2D eigenvalue weighted by molar-refractivity contribution is -0.127. The normalized spacial score (nSPS) is 20.5. The summed E-state index contributed by atoms with van der Waals surface area (Å²) < 4.78 is 7.68. The number of aryl methyl sites for hydroxylation is 2. The highest BCUT2D eigenvalue weighted by molar-refractivity contribution is 5.99. The second-order valence-electron chi connectivity index (χ2n) is 6.68. The first-order valence-corrected chi connectivity index (χ1v) is 8.75. The number of carbonyl (C=O) groups excluding carboxylic acids is 2. The van der Waals surface area contributed by atoms with Crippen LogP contribution in [0.3, 0.4) is 0 Å². The molecular formula is C19H21N3O3. The molecule has 130 valence electrons. The van der Waals surface area contributed by atoms with Crippen molar-refractivity contribution in [3.05, 3.63) is 41.6 Å². The number of aromatic nitrogens is 2. The third-order valence-corrected chi connectivity index (χ3v) is 4.87. The van der Waals surface area contributed by atoms with E-state index in [0.29, 0.717) is 31.0 Å². The minimum Gasteiger partial charge on any atom is -0.481 e. The zero-order chi connectivity index (χ0) is 17.4. The fraction of sp³-hybridized carbons (Fsp3) is 0.421. The number of fused-ring (bicyclic) bond motifs is 1. The Morgan fingerprint density at radius 2 is 2.04 bits per heavy atom. The summed E-state index contributed by atoms with van der Waals surface area (Å²) in [7, 11) is 1.83. The number of Topliss-reactive ketones (excluding diaryl/α,β-unsaturated/α-hetero) is 1. The molecule has 2 heterocycles. The van der Waals surface area contributed by atoms with Crippen molar-refractivity contribution in [3.63, 3.8) is 0 Å². The number of hydrogen-bond donors (Lipinski definition) is 0. The molecule has 0 spiro atoms. The van der Waals surface area contributed by atoms with Gasteiger partial charge in [0.25, 0.3) is 5.91 Å². The minimum absolute atomic E-state index is 0.0567. The topological polar surface area (TPSA) is 64.4 Å². The molecule has 1 aliphatic heterocycles. The van der Waals surface area contributed by atoms with Crippen molar-refractivity contribution in [3.8, 4) is 5.75 Å². The van der Waals surface area contributed by atoms with Crippen molar-refractivity contribution < 1.29 is 14.3 Å². The van der Waals surface area contributed by atoms with E-state index in [1.165, 1.54) is 0 Å². The van der Waals surface area contributed by atoms with Crippen LogP contribution in [0.25, 0.3) is 0 Å². The van der Waals surface area contributed by atoms with Gasteiger partial charge in [0.1, 0.15) is 5.75 Å². The van der Waals surface area contributed by atoms with Crippen LogP contribution in [-0.4, -0.2) is 34.1 Å². The fourth-order valence-corrected chi connectivity index (χ4v) is 3.59. The van der Waals surface area contributed by atoms with Crippen molar-refractivity contribution in [1.82, 2.24) is 9.78 Å². The third-order valence-electron chi connectivity index (χ3n) is 4.87. The van der Waals surface area contributed by atoms with Gasteiger partial charge in [0.05, 0.1) is 0 Å². The number of ketones is 1. The Morgan fingerprint density at radius 1 is 1.16 bits per heavy atom. The summed E-state index contributed by atoms with van der Waals surface area (Å²) in [6, 6.07) is 7.38. The van der Waals surface area contributed by atoms with Crippen LogP contribution in [0.2, 0.25) is 0 Å². The lowest BCUT2D eigenvalue weighted by Crippen LogP contribution is -2.47. The second-order valence-corrected chi connectivity index (χ2v) is 6.68. The molecule has 6 heteroatoms. The number of rotatable bonds is 3. The quantitative estimate of drug-likeness (QED) is 0.862. The molecule has 0 saturated carbocycles. The average molecular weight is 339 g/mol.